The molecule has 3 heteroatoms. The number of aromatic nitrogens is 2. The first-order chi connectivity index (χ1) is 8.54. The van der Waals surface area contributed by atoms with Gasteiger partial charge in [0.1, 0.15) is 5.82 Å². The van der Waals surface area contributed by atoms with Crippen LogP contribution in [0.1, 0.15) is 29.4 Å². The van der Waals surface area contributed by atoms with E-state index in [1.807, 2.05) is 19.3 Å². The highest BCUT2D eigenvalue weighted by molar-refractivity contribution is 5.28. The molecule has 2 aromatic rings. The third-order valence-corrected chi connectivity index (χ3v) is 2.94. The van der Waals surface area contributed by atoms with Crippen LogP contribution >= 0.6 is 0 Å². The van der Waals surface area contributed by atoms with Crippen molar-refractivity contribution in [2.45, 2.75) is 39.8 Å². The zero-order valence-electron chi connectivity index (χ0n) is 11.4. The number of imidazole rings is 1. The minimum absolute atomic E-state index is 0.144. The number of aryl methyl sites for hydroxylation is 2. The standard InChI is InChI=1S/C15H21N3/c1-11-6-12(2)8-14(7-11)10-18-5-4-17-15(18)9-13(3)16/h4-8,13H,9-10,16H2,1-3H3. The molecule has 1 atom stereocenters. The monoisotopic (exact) mass is 243 g/mol. The Balaban J connectivity index is 2.20. The van der Waals surface area contributed by atoms with Crippen LogP contribution in [0, 0.1) is 13.8 Å². The summed E-state index contributed by atoms with van der Waals surface area (Å²) in [4.78, 5) is 4.38. The van der Waals surface area contributed by atoms with Crippen LogP contribution in [-0.4, -0.2) is 15.6 Å². The lowest BCUT2D eigenvalue weighted by molar-refractivity contribution is 0.648. The van der Waals surface area contributed by atoms with Crippen LogP contribution in [-0.2, 0) is 13.0 Å². The van der Waals surface area contributed by atoms with Crippen LogP contribution in [0.15, 0.2) is 30.6 Å². The van der Waals surface area contributed by atoms with Gasteiger partial charge in [0.25, 0.3) is 0 Å². The van der Waals surface area contributed by atoms with Crippen LogP contribution in [0.2, 0.25) is 0 Å². The normalized spacial score (nSPS) is 12.7. The van der Waals surface area contributed by atoms with Gasteiger partial charge in [0, 0.05) is 31.4 Å². The van der Waals surface area contributed by atoms with Crippen molar-refractivity contribution in [1.82, 2.24) is 9.55 Å². The van der Waals surface area contributed by atoms with Crippen molar-refractivity contribution in [3.8, 4) is 0 Å². The molecule has 0 amide bonds. The smallest absolute Gasteiger partial charge is 0.110 e. The summed E-state index contributed by atoms with van der Waals surface area (Å²) in [5, 5.41) is 0. The lowest BCUT2D eigenvalue weighted by Gasteiger charge is -2.11. The van der Waals surface area contributed by atoms with Crippen molar-refractivity contribution >= 4 is 0 Å². The molecule has 1 heterocycles. The Bertz CT molecular complexity index is 506. The molecule has 0 aliphatic carbocycles. The summed E-state index contributed by atoms with van der Waals surface area (Å²) in [5.74, 6) is 1.06. The van der Waals surface area contributed by atoms with Crippen LogP contribution in [0.4, 0.5) is 0 Å². The Morgan fingerprint density at radius 1 is 1.22 bits per heavy atom. The predicted octanol–water partition coefficient (Wildman–Crippen LogP) is 2.44. The number of hydrogen-bond donors (Lipinski definition) is 1. The summed E-state index contributed by atoms with van der Waals surface area (Å²) in [6.45, 7) is 7.14. The van der Waals surface area contributed by atoms with Crippen molar-refractivity contribution in [2.24, 2.45) is 5.73 Å². The zero-order valence-corrected chi connectivity index (χ0v) is 11.4. The molecule has 1 aromatic carbocycles. The van der Waals surface area contributed by atoms with Crippen molar-refractivity contribution < 1.29 is 0 Å². The van der Waals surface area contributed by atoms with Gasteiger partial charge < -0.3 is 10.3 Å². The maximum Gasteiger partial charge on any atom is 0.110 e. The van der Waals surface area contributed by atoms with Gasteiger partial charge in [0.15, 0.2) is 0 Å². The third-order valence-electron chi connectivity index (χ3n) is 2.94. The molecule has 0 fully saturated rings. The Morgan fingerprint density at radius 3 is 2.50 bits per heavy atom. The molecule has 0 radical (unpaired) electrons. The first-order valence-corrected chi connectivity index (χ1v) is 6.37. The van der Waals surface area contributed by atoms with E-state index in [0.717, 1.165) is 18.8 Å². The van der Waals surface area contributed by atoms with Gasteiger partial charge >= 0.3 is 0 Å². The lowest BCUT2D eigenvalue weighted by atomic mass is 10.1. The van der Waals surface area contributed by atoms with E-state index in [4.69, 9.17) is 5.73 Å². The van der Waals surface area contributed by atoms with Gasteiger partial charge in [-0.1, -0.05) is 29.3 Å². The second-order valence-corrected chi connectivity index (χ2v) is 5.15. The van der Waals surface area contributed by atoms with E-state index in [-0.39, 0.29) is 6.04 Å². The molecule has 0 spiro atoms. The highest BCUT2D eigenvalue weighted by atomic mass is 15.1. The summed E-state index contributed by atoms with van der Waals surface area (Å²) >= 11 is 0. The van der Waals surface area contributed by atoms with Gasteiger partial charge in [0.2, 0.25) is 0 Å². The molecule has 0 saturated carbocycles. The second kappa shape index (κ2) is 5.36. The maximum atomic E-state index is 5.84. The van der Waals surface area contributed by atoms with Crippen LogP contribution in [0.3, 0.4) is 0 Å². The average Bonchev–Trinajstić information content (AvgIpc) is 2.63. The van der Waals surface area contributed by atoms with E-state index in [1.54, 1.807) is 0 Å². The molecular formula is C15H21N3. The highest BCUT2D eigenvalue weighted by Gasteiger charge is 2.06. The molecule has 1 aromatic heterocycles. The molecule has 2 rings (SSSR count). The van der Waals surface area contributed by atoms with E-state index in [9.17, 15) is 0 Å². The van der Waals surface area contributed by atoms with E-state index < -0.39 is 0 Å². The summed E-state index contributed by atoms with van der Waals surface area (Å²) in [6.07, 6.45) is 4.69. The van der Waals surface area contributed by atoms with Crippen molar-refractivity contribution in [2.75, 3.05) is 0 Å². The Kier molecular flexibility index (Phi) is 3.82. The minimum atomic E-state index is 0.144. The van der Waals surface area contributed by atoms with Crippen LogP contribution in [0.25, 0.3) is 0 Å². The molecule has 3 nitrogen and oxygen atoms in total. The molecule has 96 valence electrons. The average molecular weight is 243 g/mol. The maximum absolute atomic E-state index is 5.84. The quantitative estimate of drug-likeness (QED) is 0.896. The first kappa shape index (κ1) is 12.8. The fourth-order valence-corrected chi connectivity index (χ4v) is 2.32. The predicted molar refractivity (Wildman–Crippen MR) is 74.6 cm³/mol. The molecule has 0 aliphatic rings. The molecule has 0 saturated heterocycles. The van der Waals surface area contributed by atoms with Gasteiger partial charge in [-0.05, 0) is 26.3 Å². The van der Waals surface area contributed by atoms with E-state index >= 15 is 0 Å². The SMILES string of the molecule is Cc1cc(C)cc(Cn2ccnc2CC(C)N)c1. The van der Waals surface area contributed by atoms with E-state index in [1.165, 1.54) is 16.7 Å². The molecule has 0 aliphatic heterocycles. The lowest BCUT2D eigenvalue weighted by Crippen LogP contribution is -2.20. The zero-order chi connectivity index (χ0) is 13.1. The summed E-state index contributed by atoms with van der Waals surface area (Å²) in [7, 11) is 0. The van der Waals surface area contributed by atoms with Crippen LogP contribution < -0.4 is 5.73 Å². The number of hydrogen-bond acceptors (Lipinski definition) is 2. The number of nitrogens with two attached hydrogens (primary N) is 1. The van der Waals surface area contributed by atoms with Crippen molar-refractivity contribution in [3.63, 3.8) is 0 Å². The molecule has 0 bridgehead atoms. The number of nitrogens with zero attached hydrogens (tertiary/aromatic N) is 2. The minimum Gasteiger partial charge on any atom is -0.330 e. The highest BCUT2D eigenvalue weighted by Crippen LogP contribution is 2.12. The molecule has 2 N–H and O–H groups in total. The Morgan fingerprint density at radius 2 is 1.89 bits per heavy atom. The second-order valence-electron chi connectivity index (χ2n) is 5.15. The van der Waals surface area contributed by atoms with Crippen LogP contribution in [0.5, 0.6) is 0 Å². The fraction of sp³-hybridized carbons (Fsp3) is 0.400. The van der Waals surface area contributed by atoms with Gasteiger partial charge in [-0.15, -0.1) is 0 Å². The third kappa shape index (κ3) is 3.20. The van der Waals surface area contributed by atoms with Crippen molar-refractivity contribution in [3.05, 3.63) is 53.1 Å². The fourth-order valence-electron chi connectivity index (χ4n) is 2.32. The summed E-state index contributed by atoms with van der Waals surface area (Å²) in [6, 6.07) is 6.79. The largest absolute Gasteiger partial charge is 0.330 e. The van der Waals surface area contributed by atoms with Gasteiger partial charge in [-0.25, -0.2) is 4.98 Å². The van der Waals surface area contributed by atoms with E-state index in [2.05, 4.69) is 41.6 Å². The first-order valence-electron chi connectivity index (χ1n) is 6.37. The summed E-state index contributed by atoms with van der Waals surface area (Å²) in [5.41, 5.74) is 9.77. The van der Waals surface area contributed by atoms with E-state index in [0.29, 0.717) is 0 Å². The molecular weight excluding hydrogens is 222 g/mol. The number of benzene rings is 1. The summed E-state index contributed by atoms with van der Waals surface area (Å²) < 4.78 is 2.18. The topological polar surface area (TPSA) is 43.8 Å². The Labute approximate surface area is 109 Å². The number of rotatable bonds is 4. The van der Waals surface area contributed by atoms with Gasteiger partial charge in [-0.3, -0.25) is 0 Å². The van der Waals surface area contributed by atoms with Gasteiger partial charge in [-0.2, -0.15) is 0 Å². The molecule has 18 heavy (non-hydrogen) atoms. The van der Waals surface area contributed by atoms with Gasteiger partial charge in [0.05, 0.1) is 0 Å². The van der Waals surface area contributed by atoms with Crippen molar-refractivity contribution in [1.29, 1.82) is 0 Å². The Hall–Kier alpha value is -1.61. The molecule has 1 unspecified atom stereocenters.